The summed E-state index contributed by atoms with van der Waals surface area (Å²) in [5.41, 5.74) is 1.22. The van der Waals surface area contributed by atoms with Gasteiger partial charge in [0.1, 0.15) is 0 Å². The predicted molar refractivity (Wildman–Crippen MR) is 89.2 cm³/mol. The van der Waals surface area contributed by atoms with Crippen LogP contribution in [-0.2, 0) is 4.79 Å². The van der Waals surface area contributed by atoms with Crippen molar-refractivity contribution in [1.29, 1.82) is 0 Å². The lowest BCUT2D eigenvalue weighted by Crippen LogP contribution is -2.54. The van der Waals surface area contributed by atoms with Crippen molar-refractivity contribution in [2.45, 2.75) is 45.4 Å². The maximum absolute atomic E-state index is 12.3. The van der Waals surface area contributed by atoms with Crippen molar-refractivity contribution in [3.63, 3.8) is 0 Å². The first kappa shape index (κ1) is 14.9. The Labute approximate surface area is 138 Å². The van der Waals surface area contributed by atoms with E-state index in [1.54, 1.807) is 0 Å². The number of hydrogen-bond donors (Lipinski definition) is 0. The van der Waals surface area contributed by atoms with Crippen LogP contribution in [0.15, 0.2) is 12.1 Å². The third-order valence-corrected chi connectivity index (χ3v) is 5.69. The molecular weight excluding hydrogens is 288 g/mol. The lowest BCUT2D eigenvalue weighted by Gasteiger charge is -2.48. The molecule has 3 aliphatic rings. The third-order valence-electron chi connectivity index (χ3n) is 5.69. The molecule has 1 aromatic rings. The second-order valence-electron chi connectivity index (χ2n) is 7.78. The minimum absolute atomic E-state index is 0.258. The van der Waals surface area contributed by atoms with E-state index in [0.29, 0.717) is 5.91 Å². The number of piperidine rings is 2. The van der Waals surface area contributed by atoms with Crippen LogP contribution in [0.4, 0.5) is 5.82 Å². The highest BCUT2D eigenvalue weighted by Crippen LogP contribution is 2.41. The van der Waals surface area contributed by atoms with Crippen molar-refractivity contribution in [2.24, 2.45) is 11.3 Å². The number of nitrogens with zero attached hydrogens (tertiary/aromatic N) is 4. The molecule has 1 saturated carbocycles. The normalized spacial score (nSPS) is 28.5. The van der Waals surface area contributed by atoms with Gasteiger partial charge in [-0.25, -0.2) is 0 Å². The molecule has 5 heteroatoms. The number of hydrogen-bond acceptors (Lipinski definition) is 4. The molecule has 1 aromatic heterocycles. The number of aromatic nitrogens is 2. The van der Waals surface area contributed by atoms with Crippen molar-refractivity contribution >= 4 is 11.7 Å². The molecule has 3 heterocycles. The molecule has 1 spiro atoms. The summed E-state index contributed by atoms with van der Waals surface area (Å²) >= 11 is 0. The molecule has 2 saturated heterocycles. The summed E-state index contributed by atoms with van der Waals surface area (Å²) in [6, 6.07) is 4.12. The first-order chi connectivity index (χ1) is 11.1. The Morgan fingerprint density at radius 3 is 2.83 bits per heavy atom. The Morgan fingerprint density at radius 2 is 2.09 bits per heavy atom. The smallest absolute Gasteiger partial charge is 0.222 e. The van der Waals surface area contributed by atoms with Crippen LogP contribution in [0.1, 0.15) is 44.2 Å². The Morgan fingerprint density at radius 1 is 1.22 bits per heavy atom. The van der Waals surface area contributed by atoms with Gasteiger partial charge in [0.2, 0.25) is 5.91 Å². The van der Waals surface area contributed by atoms with Crippen LogP contribution >= 0.6 is 0 Å². The number of carbonyl (C=O) groups excluding carboxylic acids is 1. The summed E-state index contributed by atoms with van der Waals surface area (Å²) in [7, 11) is 0. The van der Waals surface area contributed by atoms with Crippen LogP contribution in [0.25, 0.3) is 0 Å². The van der Waals surface area contributed by atoms with E-state index in [1.807, 2.05) is 13.0 Å². The van der Waals surface area contributed by atoms with Crippen LogP contribution in [-0.4, -0.2) is 47.2 Å². The first-order valence-electron chi connectivity index (χ1n) is 8.97. The van der Waals surface area contributed by atoms with Gasteiger partial charge in [0.05, 0.1) is 5.69 Å². The van der Waals surface area contributed by atoms with Crippen LogP contribution in [0.2, 0.25) is 0 Å². The number of likely N-dealkylation sites (tertiary alicyclic amines) is 1. The fourth-order valence-electron chi connectivity index (χ4n) is 4.18. The van der Waals surface area contributed by atoms with Crippen molar-refractivity contribution in [1.82, 2.24) is 15.1 Å². The van der Waals surface area contributed by atoms with Crippen molar-refractivity contribution in [3.05, 3.63) is 17.8 Å². The number of aryl methyl sites for hydroxylation is 1. The van der Waals surface area contributed by atoms with Gasteiger partial charge >= 0.3 is 0 Å². The minimum atomic E-state index is 0.258. The second-order valence-corrected chi connectivity index (χ2v) is 7.78. The maximum atomic E-state index is 12.3. The van der Waals surface area contributed by atoms with Gasteiger partial charge in [-0.1, -0.05) is 0 Å². The van der Waals surface area contributed by atoms with Gasteiger partial charge in [-0.3, -0.25) is 4.79 Å². The van der Waals surface area contributed by atoms with E-state index in [4.69, 9.17) is 0 Å². The topological polar surface area (TPSA) is 49.3 Å². The van der Waals surface area contributed by atoms with E-state index >= 15 is 0 Å². The zero-order valence-electron chi connectivity index (χ0n) is 14.0. The van der Waals surface area contributed by atoms with Gasteiger partial charge in [0.15, 0.2) is 5.82 Å². The number of anilines is 1. The molecule has 0 bridgehead atoms. The van der Waals surface area contributed by atoms with Crippen molar-refractivity contribution in [3.8, 4) is 0 Å². The fourth-order valence-corrected chi connectivity index (χ4v) is 4.18. The van der Waals surface area contributed by atoms with E-state index in [9.17, 15) is 4.79 Å². The summed E-state index contributed by atoms with van der Waals surface area (Å²) in [5, 5.41) is 8.57. The van der Waals surface area contributed by atoms with Gasteiger partial charge in [0.25, 0.3) is 0 Å². The molecule has 0 aromatic carbocycles. The largest absolute Gasteiger partial charge is 0.355 e. The number of carbonyl (C=O) groups is 1. The molecule has 0 unspecified atom stereocenters. The van der Waals surface area contributed by atoms with Crippen LogP contribution in [0.5, 0.6) is 0 Å². The monoisotopic (exact) mass is 314 g/mol. The molecule has 1 aliphatic carbocycles. The molecule has 124 valence electrons. The average molecular weight is 314 g/mol. The number of rotatable bonds is 3. The van der Waals surface area contributed by atoms with Crippen LogP contribution in [0, 0.1) is 18.3 Å². The first-order valence-corrected chi connectivity index (χ1v) is 8.97. The summed E-state index contributed by atoms with van der Waals surface area (Å²) < 4.78 is 0. The predicted octanol–water partition coefficient (Wildman–Crippen LogP) is 2.40. The third kappa shape index (κ3) is 3.19. The van der Waals surface area contributed by atoms with E-state index in [2.05, 4.69) is 26.1 Å². The summed E-state index contributed by atoms with van der Waals surface area (Å²) in [6.45, 7) is 5.97. The fraction of sp³-hybridized carbons (Fsp3) is 0.722. The highest BCUT2D eigenvalue weighted by molar-refractivity contribution is 5.77. The molecule has 2 aliphatic heterocycles. The van der Waals surface area contributed by atoms with E-state index in [-0.39, 0.29) is 5.41 Å². The molecule has 1 amide bonds. The molecule has 3 fully saturated rings. The lowest BCUT2D eigenvalue weighted by atomic mass is 9.73. The SMILES string of the molecule is Cc1ccc(N2CCC[C@@]3(CCC(=O)N(CC4CC4)C3)C2)nn1. The number of amides is 1. The zero-order chi connectivity index (χ0) is 15.9. The average Bonchev–Trinajstić information content (AvgIpc) is 3.36. The Kier molecular flexibility index (Phi) is 3.74. The van der Waals surface area contributed by atoms with E-state index < -0.39 is 0 Å². The van der Waals surface area contributed by atoms with Crippen LogP contribution in [0.3, 0.4) is 0 Å². The zero-order valence-corrected chi connectivity index (χ0v) is 14.0. The van der Waals surface area contributed by atoms with Crippen molar-refractivity contribution in [2.75, 3.05) is 31.1 Å². The standard InChI is InChI=1S/C18H26N4O/c1-14-3-6-16(20-19-14)21-10-2-8-18(12-21)9-7-17(23)22(13-18)11-15-4-5-15/h3,6,15H,2,4-5,7-13H2,1H3/t18-/m1/s1. The Bertz CT molecular complexity index is 583. The van der Waals surface area contributed by atoms with E-state index in [0.717, 1.165) is 56.5 Å². The Hall–Kier alpha value is -1.65. The van der Waals surface area contributed by atoms with E-state index in [1.165, 1.54) is 25.7 Å². The highest BCUT2D eigenvalue weighted by atomic mass is 16.2. The highest BCUT2D eigenvalue weighted by Gasteiger charge is 2.43. The van der Waals surface area contributed by atoms with Gasteiger partial charge in [-0.15, -0.1) is 5.10 Å². The van der Waals surface area contributed by atoms with Crippen LogP contribution < -0.4 is 4.90 Å². The quantitative estimate of drug-likeness (QED) is 0.859. The molecular formula is C18H26N4O. The molecule has 4 rings (SSSR count). The summed E-state index contributed by atoms with van der Waals surface area (Å²) in [6.07, 6.45) is 6.78. The Balaban J connectivity index is 1.48. The van der Waals surface area contributed by atoms with Gasteiger partial charge in [-0.2, -0.15) is 5.10 Å². The lowest BCUT2D eigenvalue weighted by molar-refractivity contribution is -0.138. The van der Waals surface area contributed by atoms with Crippen molar-refractivity contribution < 1.29 is 4.79 Å². The maximum Gasteiger partial charge on any atom is 0.222 e. The second kappa shape index (κ2) is 5.77. The minimum Gasteiger partial charge on any atom is -0.355 e. The molecule has 5 nitrogen and oxygen atoms in total. The molecule has 0 radical (unpaired) electrons. The van der Waals surface area contributed by atoms with Gasteiger partial charge in [0, 0.05) is 38.0 Å². The summed E-state index contributed by atoms with van der Waals surface area (Å²) in [5.74, 6) is 2.13. The summed E-state index contributed by atoms with van der Waals surface area (Å²) in [4.78, 5) is 16.8. The van der Waals surface area contributed by atoms with Gasteiger partial charge < -0.3 is 9.80 Å². The molecule has 1 atom stereocenters. The molecule has 23 heavy (non-hydrogen) atoms. The molecule has 0 N–H and O–H groups in total. The van der Waals surface area contributed by atoms with Gasteiger partial charge in [-0.05, 0) is 57.1 Å².